The van der Waals surface area contributed by atoms with Crippen molar-refractivity contribution < 1.29 is 60.7 Å². The number of ketones is 1. The fraction of sp³-hybridized carbons (Fsp3) is 0.878. The van der Waals surface area contributed by atoms with Gasteiger partial charge in [-0.25, -0.2) is 28.0 Å². The normalized spacial score (nSPS) is 27.6. The number of Topliss-reactive ketones (excluding diaryl/α,β-unsaturated/α-hetero) is 1. The Morgan fingerprint density at radius 1 is 0.638 bits per heavy atom. The van der Waals surface area contributed by atoms with Crippen molar-refractivity contribution in [1.82, 2.24) is 43.1 Å². The van der Waals surface area contributed by atoms with Crippen LogP contribution < -0.4 is 16.8 Å². The molecule has 0 aliphatic carbocycles. The van der Waals surface area contributed by atoms with Crippen LogP contribution in [0, 0.1) is 0 Å². The van der Waals surface area contributed by atoms with Crippen LogP contribution in [-0.4, -0.2) is 244 Å². The zero-order valence-corrected chi connectivity index (χ0v) is 45.3. The highest BCUT2D eigenvalue weighted by atomic mass is 31.2. The summed E-state index contributed by atoms with van der Waals surface area (Å²) in [5, 5.41) is 2.66. The Bertz CT molecular complexity index is 1910. The molecule has 0 aromatic carbocycles. The number of carbonyl (C=O) groups is 4. The Kier molecular flexibility index (Phi) is 22.7. The highest BCUT2D eigenvalue weighted by Gasteiger charge is 2.46. The van der Waals surface area contributed by atoms with E-state index in [9.17, 15) is 32.9 Å². The van der Waals surface area contributed by atoms with E-state index in [-0.39, 0.29) is 120 Å². The highest BCUT2D eigenvalue weighted by Crippen LogP contribution is 2.57. The average molecular weight is 1040 g/mol. The molecule has 10 atom stereocenters. The number of guanidine groups is 1. The van der Waals surface area contributed by atoms with Gasteiger partial charge in [0.2, 0.25) is 17.7 Å². The lowest BCUT2D eigenvalue weighted by molar-refractivity contribution is -0.144. The SMILES string of the molecule is CC(=O)NC(CCCN=C(N)N)C(=O)CCC(=O)N1CCN(P(=O)(OCC2CN(P(=O)(OCC3CN(P(=O)(OCC4CN(C(C)=O)CC(C)O4)N(C)C)CC(C)O3)N(C)C)CC(C)O2)N(C)C)CC1. The lowest BCUT2D eigenvalue weighted by Crippen LogP contribution is -2.51. The average Bonchev–Trinajstić information content (AvgIpc) is 3.28. The number of amides is 3. The van der Waals surface area contributed by atoms with Crippen LogP contribution in [0.15, 0.2) is 4.99 Å². The molecule has 4 aliphatic heterocycles. The van der Waals surface area contributed by atoms with Gasteiger partial charge in [0.15, 0.2) is 11.7 Å². The molecule has 25 nitrogen and oxygen atoms in total. The molecule has 0 bridgehead atoms. The van der Waals surface area contributed by atoms with Crippen LogP contribution in [0.5, 0.6) is 0 Å². The highest BCUT2D eigenvalue weighted by molar-refractivity contribution is 7.54. The van der Waals surface area contributed by atoms with E-state index < -0.39 is 53.5 Å². The van der Waals surface area contributed by atoms with Crippen molar-refractivity contribution in [2.24, 2.45) is 16.5 Å². The van der Waals surface area contributed by atoms with Crippen molar-refractivity contribution in [3.63, 3.8) is 0 Å². The first-order chi connectivity index (χ1) is 32.3. The molecule has 69 heavy (non-hydrogen) atoms. The number of nitrogens with one attached hydrogen (secondary N) is 1. The molecule has 0 aromatic rings. The predicted octanol–water partition coefficient (Wildman–Crippen LogP) is 0.912. The van der Waals surface area contributed by atoms with E-state index in [4.69, 9.17) is 39.2 Å². The van der Waals surface area contributed by atoms with Crippen molar-refractivity contribution >= 4 is 52.5 Å². The fourth-order valence-corrected chi connectivity index (χ4v) is 14.9. The summed E-state index contributed by atoms with van der Waals surface area (Å²) < 4.78 is 91.2. The molecule has 0 saturated carbocycles. The molecule has 4 heterocycles. The molecule has 10 unspecified atom stereocenters. The molecule has 28 heteroatoms. The molecule has 4 fully saturated rings. The molecule has 4 aliphatic rings. The largest absolute Gasteiger partial charge is 0.370 e. The first-order valence-corrected chi connectivity index (χ1v) is 28.2. The third-order valence-electron chi connectivity index (χ3n) is 12.2. The van der Waals surface area contributed by atoms with Crippen LogP contribution in [-0.2, 0) is 60.7 Å². The standard InChI is InChI=1S/C41H81N12O13P3/c1-30-21-50(34(5)55)24-35(64-30)27-62-68(59,47(8)9)52-22-32(3)66-37(26-52)29-63-69(60,48(10)11)53-23-31(2)65-36(25-53)28-61-67(58,46(6)7)51-19-17-49(18-20-51)40(57)15-14-39(56)38(45-33(4)54)13-12-16-44-41(42)43/h30-32,35-38H,12-29H2,1-11H3,(H,45,54)(H4,42,43,44). The van der Waals surface area contributed by atoms with Crippen molar-refractivity contribution in [2.45, 2.75) is 103 Å². The summed E-state index contributed by atoms with van der Waals surface area (Å²) in [6.45, 7) is 11.2. The van der Waals surface area contributed by atoms with Gasteiger partial charge in [-0.15, -0.1) is 0 Å². The molecule has 5 N–H and O–H groups in total. The zero-order valence-electron chi connectivity index (χ0n) is 42.6. The van der Waals surface area contributed by atoms with Gasteiger partial charge in [-0.3, -0.25) is 37.9 Å². The number of piperazine rings is 1. The second-order valence-corrected chi connectivity index (χ2v) is 26.6. The molecule has 0 spiro atoms. The number of hydrogen-bond acceptors (Lipinski definition) is 14. The van der Waals surface area contributed by atoms with E-state index in [1.165, 1.54) is 23.2 Å². The summed E-state index contributed by atoms with van der Waals surface area (Å²) in [5.74, 6) is -0.979. The maximum Gasteiger partial charge on any atom is 0.345 e. The second-order valence-electron chi connectivity index (χ2n) is 18.8. The number of ether oxygens (including phenoxy) is 3. The minimum atomic E-state index is -3.73. The zero-order chi connectivity index (χ0) is 51.4. The van der Waals surface area contributed by atoms with Crippen LogP contribution in [0.2, 0.25) is 0 Å². The number of nitrogens with two attached hydrogens (primary N) is 2. The van der Waals surface area contributed by atoms with Gasteiger partial charge >= 0.3 is 23.0 Å². The summed E-state index contributed by atoms with van der Waals surface area (Å²) in [4.78, 5) is 57.4. The van der Waals surface area contributed by atoms with Crippen LogP contribution in [0.4, 0.5) is 0 Å². The maximum atomic E-state index is 14.9. The molecule has 398 valence electrons. The third kappa shape index (κ3) is 16.8. The quantitative estimate of drug-likeness (QED) is 0.0524. The van der Waals surface area contributed by atoms with E-state index >= 15 is 0 Å². The predicted molar refractivity (Wildman–Crippen MR) is 260 cm³/mol. The molecule has 3 amide bonds. The third-order valence-corrected chi connectivity index (χ3v) is 19.9. The second kappa shape index (κ2) is 26.5. The summed E-state index contributed by atoms with van der Waals surface area (Å²) in [6.07, 6.45) is -2.00. The summed E-state index contributed by atoms with van der Waals surface area (Å²) in [6, 6.07) is -0.763. The van der Waals surface area contributed by atoms with Gasteiger partial charge in [0.1, 0.15) is 0 Å². The molecular formula is C41H81N12O13P3. The lowest BCUT2D eigenvalue weighted by atomic mass is 10.0. The minimum absolute atomic E-state index is 0.00845. The van der Waals surface area contributed by atoms with Crippen molar-refractivity contribution in [2.75, 3.05) is 134 Å². The number of morpholine rings is 3. The number of hydrogen-bond donors (Lipinski definition) is 3. The summed E-state index contributed by atoms with van der Waals surface area (Å²) >= 11 is 0. The molecule has 0 radical (unpaired) electrons. The number of carbonyl (C=O) groups excluding carboxylic acids is 4. The molecule has 0 aromatic heterocycles. The van der Waals surface area contributed by atoms with E-state index in [0.29, 0.717) is 39.0 Å². The van der Waals surface area contributed by atoms with Gasteiger partial charge in [0, 0.05) is 98.7 Å². The number of aliphatic imine (C=N–C) groups is 1. The van der Waals surface area contributed by atoms with Gasteiger partial charge in [-0.2, -0.15) is 0 Å². The van der Waals surface area contributed by atoms with Gasteiger partial charge in [0.25, 0.3) is 0 Å². The van der Waals surface area contributed by atoms with Crippen molar-refractivity contribution in [3.8, 4) is 0 Å². The smallest absolute Gasteiger partial charge is 0.345 e. The van der Waals surface area contributed by atoms with E-state index in [1.807, 2.05) is 20.8 Å². The molecule has 4 saturated heterocycles. The Morgan fingerprint density at radius 2 is 1.07 bits per heavy atom. The molecule has 4 rings (SSSR count). The van der Waals surface area contributed by atoms with Crippen LogP contribution in [0.1, 0.15) is 60.3 Å². The van der Waals surface area contributed by atoms with Gasteiger partial charge in [0.05, 0.1) is 62.5 Å². The van der Waals surface area contributed by atoms with Gasteiger partial charge in [-0.1, -0.05) is 0 Å². The van der Waals surface area contributed by atoms with Gasteiger partial charge in [-0.05, 0) is 75.9 Å². The lowest BCUT2D eigenvalue weighted by Gasteiger charge is -2.45. The Hall–Kier alpha value is -2.44. The van der Waals surface area contributed by atoms with E-state index in [0.717, 1.165) is 0 Å². The molecular weight excluding hydrogens is 961 g/mol. The van der Waals surface area contributed by atoms with Crippen molar-refractivity contribution in [1.29, 1.82) is 0 Å². The number of nitrogens with zero attached hydrogens (tertiary/aromatic N) is 9. The monoisotopic (exact) mass is 1040 g/mol. The van der Waals surface area contributed by atoms with Crippen LogP contribution >= 0.6 is 23.0 Å². The van der Waals surface area contributed by atoms with Gasteiger partial charge < -0.3 is 54.4 Å². The van der Waals surface area contributed by atoms with Crippen LogP contribution in [0.3, 0.4) is 0 Å². The Labute approximate surface area is 408 Å². The topological polar surface area (TPSA) is 277 Å². The Balaban J connectivity index is 1.33. The summed E-state index contributed by atoms with van der Waals surface area (Å²) in [5.41, 5.74) is 10.8. The maximum absolute atomic E-state index is 14.9. The van der Waals surface area contributed by atoms with Crippen molar-refractivity contribution in [3.05, 3.63) is 0 Å². The first kappa shape index (κ1) is 59.1. The summed E-state index contributed by atoms with van der Waals surface area (Å²) in [7, 11) is -0.951. The van der Waals surface area contributed by atoms with Crippen LogP contribution in [0.25, 0.3) is 0 Å². The fourth-order valence-electron chi connectivity index (χ4n) is 8.75. The van der Waals surface area contributed by atoms with E-state index in [1.54, 1.807) is 70.8 Å². The minimum Gasteiger partial charge on any atom is -0.370 e. The first-order valence-electron chi connectivity index (χ1n) is 23.7. The number of rotatable bonds is 24. The van der Waals surface area contributed by atoms with E-state index in [2.05, 4.69) is 10.3 Å². The Morgan fingerprint density at radius 3 is 1.49 bits per heavy atom.